The van der Waals surface area contributed by atoms with Gasteiger partial charge in [0.15, 0.2) is 0 Å². The fourth-order valence-corrected chi connectivity index (χ4v) is 3.46. The van der Waals surface area contributed by atoms with Crippen molar-refractivity contribution in [1.29, 1.82) is 0 Å². The van der Waals surface area contributed by atoms with Crippen LogP contribution in [0.3, 0.4) is 0 Å². The van der Waals surface area contributed by atoms with E-state index >= 15 is 0 Å². The Hall–Kier alpha value is -0.550. The van der Waals surface area contributed by atoms with Crippen molar-refractivity contribution < 1.29 is 0 Å². The average molecular weight is 271 g/mol. The minimum absolute atomic E-state index is 0.404. The molecule has 2 aromatic rings. The van der Waals surface area contributed by atoms with E-state index in [1.54, 1.807) is 11.8 Å². The molecule has 0 spiro atoms. The van der Waals surface area contributed by atoms with Gasteiger partial charge in [-0.1, -0.05) is 41.9 Å². The summed E-state index contributed by atoms with van der Waals surface area (Å²) in [6.07, 6.45) is 0. The molecule has 0 aliphatic carbocycles. The fraction of sp³-hybridized carbons (Fsp3) is 0.182. The van der Waals surface area contributed by atoms with Crippen molar-refractivity contribution in [3.63, 3.8) is 0 Å². The summed E-state index contributed by atoms with van der Waals surface area (Å²) in [6.45, 7) is 0.404. The SMILES string of the molecule is NCc1nsc(SCc2ccccc2)c1Cl. The number of nitrogens with two attached hydrogens (primary N) is 1. The van der Waals surface area contributed by atoms with E-state index in [0.717, 1.165) is 15.7 Å². The van der Waals surface area contributed by atoms with Gasteiger partial charge in [0.1, 0.15) is 0 Å². The third-order valence-electron chi connectivity index (χ3n) is 2.08. The van der Waals surface area contributed by atoms with Crippen LogP contribution in [0.25, 0.3) is 0 Å². The molecule has 0 bridgehead atoms. The maximum Gasteiger partial charge on any atom is 0.1000 e. The Labute approximate surface area is 108 Å². The zero-order chi connectivity index (χ0) is 11.4. The lowest BCUT2D eigenvalue weighted by atomic mass is 10.2. The number of rotatable bonds is 4. The molecule has 2 rings (SSSR count). The Morgan fingerprint density at radius 2 is 2.06 bits per heavy atom. The molecule has 0 saturated heterocycles. The monoisotopic (exact) mass is 270 g/mol. The lowest BCUT2D eigenvalue weighted by Gasteiger charge is -1.99. The standard InChI is InChI=1S/C11H11ClN2S2/c12-10-9(6-13)14-16-11(10)15-7-8-4-2-1-3-5-8/h1-5H,6-7,13H2. The van der Waals surface area contributed by atoms with Crippen LogP contribution >= 0.6 is 34.9 Å². The van der Waals surface area contributed by atoms with Crippen molar-refractivity contribution in [2.24, 2.45) is 5.73 Å². The highest BCUT2D eigenvalue weighted by Gasteiger charge is 2.10. The summed E-state index contributed by atoms with van der Waals surface area (Å²) in [5, 5.41) is 0.716. The van der Waals surface area contributed by atoms with Crippen molar-refractivity contribution in [3.8, 4) is 0 Å². The van der Waals surface area contributed by atoms with Crippen LogP contribution in [-0.4, -0.2) is 4.37 Å². The molecule has 84 valence electrons. The van der Waals surface area contributed by atoms with E-state index in [1.807, 2.05) is 18.2 Å². The van der Waals surface area contributed by atoms with Crippen molar-refractivity contribution in [2.45, 2.75) is 16.5 Å². The van der Waals surface area contributed by atoms with Gasteiger partial charge in [0.05, 0.1) is 14.9 Å². The van der Waals surface area contributed by atoms with Crippen LogP contribution in [0, 0.1) is 0 Å². The van der Waals surface area contributed by atoms with E-state index < -0.39 is 0 Å². The van der Waals surface area contributed by atoms with Gasteiger partial charge in [-0.2, -0.15) is 4.37 Å². The Morgan fingerprint density at radius 3 is 2.69 bits per heavy atom. The third kappa shape index (κ3) is 2.77. The molecule has 0 fully saturated rings. The van der Waals surface area contributed by atoms with E-state index in [4.69, 9.17) is 17.3 Å². The van der Waals surface area contributed by atoms with Gasteiger partial charge in [-0.15, -0.1) is 11.8 Å². The molecule has 0 unspecified atom stereocenters. The quantitative estimate of drug-likeness (QED) is 0.864. The molecule has 0 atom stereocenters. The number of halogens is 1. The van der Waals surface area contributed by atoms with Crippen LogP contribution < -0.4 is 5.73 Å². The molecule has 0 amide bonds. The summed E-state index contributed by atoms with van der Waals surface area (Å²) in [6, 6.07) is 10.3. The van der Waals surface area contributed by atoms with Gasteiger partial charge in [-0.3, -0.25) is 0 Å². The van der Waals surface area contributed by atoms with Crippen LogP contribution in [0.15, 0.2) is 34.5 Å². The first kappa shape index (κ1) is 11.9. The van der Waals surface area contributed by atoms with Crippen LogP contribution in [0.4, 0.5) is 0 Å². The predicted molar refractivity (Wildman–Crippen MR) is 71.0 cm³/mol. The minimum Gasteiger partial charge on any atom is -0.325 e. The molecule has 1 aromatic carbocycles. The second kappa shape index (κ2) is 5.68. The van der Waals surface area contributed by atoms with Crippen LogP contribution in [0.5, 0.6) is 0 Å². The zero-order valence-corrected chi connectivity index (χ0v) is 10.9. The maximum absolute atomic E-state index is 6.14. The maximum atomic E-state index is 6.14. The second-order valence-electron chi connectivity index (χ2n) is 3.21. The van der Waals surface area contributed by atoms with Crippen molar-refractivity contribution in [1.82, 2.24) is 4.37 Å². The first-order valence-electron chi connectivity index (χ1n) is 4.82. The van der Waals surface area contributed by atoms with Crippen molar-refractivity contribution in [2.75, 3.05) is 0 Å². The van der Waals surface area contributed by atoms with Gasteiger partial charge in [-0.25, -0.2) is 0 Å². The van der Waals surface area contributed by atoms with Crippen LogP contribution in [0.2, 0.25) is 5.02 Å². The van der Waals surface area contributed by atoms with E-state index in [0.29, 0.717) is 11.6 Å². The second-order valence-corrected chi connectivity index (χ2v) is 5.60. The number of nitrogens with zero attached hydrogens (tertiary/aromatic N) is 1. The van der Waals surface area contributed by atoms with Gasteiger partial charge in [0, 0.05) is 12.3 Å². The number of hydrogen-bond acceptors (Lipinski definition) is 4. The predicted octanol–water partition coefficient (Wildman–Crippen LogP) is 3.55. The highest BCUT2D eigenvalue weighted by molar-refractivity contribution is 8.00. The van der Waals surface area contributed by atoms with E-state index in [1.165, 1.54) is 17.1 Å². The van der Waals surface area contributed by atoms with E-state index in [2.05, 4.69) is 16.5 Å². The largest absolute Gasteiger partial charge is 0.325 e. The molecular weight excluding hydrogens is 260 g/mol. The zero-order valence-electron chi connectivity index (χ0n) is 8.52. The first-order valence-corrected chi connectivity index (χ1v) is 6.96. The molecule has 16 heavy (non-hydrogen) atoms. The molecule has 5 heteroatoms. The van der Waals surface area contributed by atoms with Gasteiger partial charge in [-0.05, 0) is 17.1 Å². The topological polar surface area (TPSA) is 38.9 Å². The van der Waals surface area contributed by atoms with Gasteiger partial charge in [0.25, 0.3) is 0 Å². The summed E-state index contributed by atoms with van der Waals surface area (Å²) in [5.74, 6) is 0.909. The first-order chi connectivity index (χ1) is 7.81. The Bertz CT molecular complexity index is 456. The molecule has 1 aromatic heterocycles. The van der Waals surface area contributed by atoms with Gasteiger partial charge >= 0.3 is 0 Å². The van der Waals surface area contributed by atoms with Crippen molar-refractivity contribution in [3.05, 3.63) is 46.6 Å². The van der Waals surface area contributed by atoms with Crippen molar-refractivity contribution >= 4 is 34.9 Å². The van der Waals surface area contributed by atoms with E-state index in [9.17, 15) is 0 Å². The number of aromatic nitrogens is 1. The molecule has 1 heterocycles. The lowest BCUT2D eigenvalue weighted by Crippen LogP contribution is -1.96. The lowest BCUT2D eigenvalue weighted by molar-refractivity contribution is 1.03. The third-order valence-corrected chi connectivity index (χ3v) is 4.91. The molecular formula is C11H11ClN2S2. The average Bonchev–Trinajstić information content (AvgIpc) is 2.69. The summed E-state index contributed by atoms with van der Waals surface area (Å²) >= 11 is 9.26. The summed E-state index contributed by atoms with van der Waals surface area (Å²) < 4.78 is 5.26. The Morgan fingerprint density at radius 1 is 1.31 bits per heavy atom. The Balaban J connectivity index is 2.02. The summed E-state index contributed by atoms with van der Waals surface area (Å²) in [5.41, 5.74) is 7.60. The number of hydrogen-bond donors (Lipinski definition) is 1. The fourth-order valence-electron chi connectivity index (χ4n) is 1.23. The molecule has 0 aliphatic heterocycles. The molecule has 2 N–H and O–H groups in total. The van der Waals surface area contributed by atoms with Crippen LogP contribution in [0.1, 0.15) is 11.3 Å². The van der Waals surface area contributed by atoms with E-state index in [-0.39, 0.29) is 0 Å². The highest BCUT2D eigenvalue weighted by atomic mass is 35.5. The van der Waals surface area contributed by atoms with Gasteiger partial charge in [0.2, 0.25) is 0 Å². The summed E-state index contributed by atoms with van der Waals surface area (Å²) in [4.78, 5) is 0. The Kier molecular flexibility index (Phi) is 4.23. The molecule has 0 radical (unpaired) electrons. The molecule has 0 aliphatic rings. The normalized spacial score (nSPS) is 10.6. The van der Waals surface area contributed by atoms with Crippen LogP contribution in [-0.2, 0) is 12.3 Å². The highest BCUT2D eigenvalue weighted by Crippen LogP contribution is 2.35. The van der Waals surface area contributed by atoms with Gasteiger partial charge < -0.3 is 5.73 Å². The number of thioether (sulfide) groups is 1. The summed E-state index contributed by atoms with van der Waals surface area (Å²) in [7, 11) is 0. The minimum atomic E-state index is 0.404. The molecule has 0 saturated carbocycles. The molecule has 2 nitrogen and oxygen atoms in total. The smallest absolute Gasteiger partial charge is 0.1000 e. The number of benzene rings is 1.